The Balaban J connectivity index is 1.91. The van der Waals surface area contributed by atoms with E-state index < -0.39 is 6.10 Å². The second-order valence-electron chi connectivity index (χ2n) is 6.07. The largest absolute Gasteiger partial charge is 0.387 e. The summed E-state index contributed by atoms with van der Waals surface area (Å²) in [6.07, 6.45) is -0.511. The van der Waals surface area contributed by atoms with Gasteiger partial charge in [-0.25, -0.2) is 0 Å². The Hall–Kier alpha value is -1.43. The number of morpholine rings is 1. The molecular weight excluding hydrogens is 280 g/mol. The zero-order valence-electron chi connectivity index (χ0n) is 13.6. The van der Waals surface area contributed by atoms with Crippen LogP contribution < -0.4 is 5.32 Å². The molecule has 1 aromatic rings. The minimum absolute atomic E-state index is 0.0107. The lowest BCUT2D eigenvalue weighted by Crippen LogP contribution is -2.48. The summed E-state index contributed by atoms with van der Waals surface area (Å²) in [7, 11) is 0. The highest BCUT2D eigenvalue weighted by molar-refractivity contribution is 5.72. The maximum atomic E-state index is 11.0. The fourth-order valence-corrected chi connectivity index (χ4v) is 2.79. The molecule has 122 valence electrons. The van der Waals surface area contributed by atoms with Crippen molar-refractivity contribution in [2.24, 2.45) is 0 Å². The van der Waals surface area contributed by atoms with E-state index in [4.69, 9.17) is 4.74 Å². The number of benzene rings is 1. The van der Waals surface area contributed by atoms with Crippen LogP contribution in [0.5, 0.6) is 0 Å². The summed E-state index contributed by atoms with van der Waals surface area (Å²) in [6.45, 7) is 8.83. The van der Waals surface area contributed by atoms with Crippen LogP contribution >= 0.6 is 0 Å². The normalized spacial score (nSPS) is 20.6. The highest BCUT2D eigenvalue weighted by Gasteiger charge is 2.23. The first-order valence-corrected chi connectivity index (χ1v) is 7.79. The molecule has 0 spiro atoms. The molecule has 1 heterocycles. The molecule has 0 radical (unpaired) electrons. The molecule has 1 aliphatic heterocycles. The van der Waals surface area contributed by atoms with Gasteiger partial charge in [-0.1, -0.05) is 23.8 Å². The van der Waals surface area contributed by atoms with Crippen molar-refractivity contribution in [3.8, 4) is 0 Å². The van der Waals surface area contributed by atoms with Gasteiger partial charge < -0.3 is 15.2 Å². The van der Waals surface area contributed by atoms with Crippen LogP contribution in [-0.4, -0.2) is 54.8 Å². The number of nitrogens with one attached hydrogen (secondary N) is 1. The van der Waals surface area contributed by atoms with Crippen LogP contribution in [0.3, 0.4) is 0 Å². The van der Waals surface area contributed by atoms with Crippen molar-refractivity contribution < 1.29 is 14.6 Å². The number of aliphatic hydroxyl groups is 1. The molecule has 1 saturated heterocycles. The number of β-amino-alcohol motifs (C(OH)–C–C–N with tert-alkyl or cyclic N) is 1. The third kappa shape index (κ3) is 4.80. The number of ether oxygens (including phenoxy) is 1. The Labute approximate surface area is 132 Å². The van der Waals surface area contributed by atoms with Crippen molar-refractivity contribution in [1.82, 2.24) is 10.2 Å². The van der Waals surface area contributed by atoms with E-state index >= 15 is 0 Å². The van der Waals surface area contributed by atoms with Gasteiger partial charge in [0.05, 0.1) is 18.8 Å². The van der Waals surface area contributed by atoms with E-state index in [9.17, 15) is 9.90 Å². The van der Waals surface area contributed by atoms with Gasteiger partial charge in [0, 0.05) is 33.1 Å². The summed E-state index contributed by atoms with van der Waals surface area (Å²) in [4.78, 5) is 13.2. The summed E-state index contributed by atoms with van der Waals surface area (Å²) >= 11 is 0. The SMILES string of the molecule is CC(=O)NC[C@H]1CN(C[C@H](O)c2cc(C)ccc2C)CCO1. The van der Waals surface area contributed by atoms with Gasteiger partial charge >= 0.3 is 0 Å². The lowest BCUT2D eigenvalue weighted by Gasteiger charge is -2.34. The molecule has 5 nitrogen and oxygen atoms in total. The van der Waals surface area contributed by atoms with E-state index in [1.165, 1.54) is 6.92 Å². The molecule has 0 aliphatic carbocycles. The predicted molar refractivity (Wildman–Crippen MR) is 85.7 cm³/mol. The van der Waals surface area contributed by atoms with Crippen LogP contribution in [0.15, 0.2) is 18.2 Å². The lowest BCUT2D eigenvalue weighted by molar-refractivity contribution is -0.120. The zero-order chi connectivity index (χ0) is 16.1. The van der Waals surface area contributed by atoms with Crippen LogP contribution in [0.1, 0.15) is 29.7 Å². The van der Waals surface area contributed by atoms with Gasteiger partial charge in [-0.2, -0.15) is 0 Å². The quantitative estimate of drug-likeness (QED) is 0.857. The standard InChI is InChI=1S/C17H26N2O3/c1-12-4-5-13(2)16(8-12)17(21)11-19-6-7-22-15(10-19)9-18-14(3)20/h4-5,8,15,17,21H,6-7,9-11H2,1-3H3,(H,18,20)/t15-,17-/m0/s1. The monoisotopic (exact) mass is 306 g/mol. The molecule has 1 amide bonds. The summed E-state index contributed by atoms with van der Waals surface area (Å²) in [6, 6.07) is 6.16. The van der Waals surface area contributed by atoms with Crippen LogP contribution in [0.25, 0.3) is 0 Å². The van der Waals surface area contributed by atoms with E-state index in [0.717, 1.165) is 29.8 Å². The van der Waals surface area contributed by atoms with Gasteiger partial charge in [-0.05, 0) is 25.0 Å². The Bertz CT molecular complexity index is 519. The van der Waals surface area contributed by atoms with E-state index in [1.54, 1.807) is 0 Å². The van der Waals surface area contributed by atoms with Crippen molar-refractivity contribution in [2.75, 3.05) is 32.8 Å². The van der Waals surface area contributed by atoms with Crippen molar-refractivity contribution in [3.05, 3.63) is 34.9 Å². The van der Waals surface area contributed by atoms with Gasteiger partial charge in [-0.3, -0.25) is 9.69 Å². The minimum atomic E-state index is -0.501. The second-order valence-corrected chi connectivity index (χ2v) is 6.07. The summed E-state index contributed by atoms with van der Waals surface area (Å²) in [5.41, 5.74) is 3.26. The van der Waals surface area contributed by atoms with Gasteiger partial charge in [0.25, 0.3) is 0 Å². The number of carbonyl (C=O) groups is 1. The minimum Gasteiger partial charge on any atom is -0.387 e. The lowest BCUT2D eigenvalue weighted by atomic mass is 10.0. The van der Waals surface area contributed by atoms with E-state index in [0.29, 0.717) is 19.7 Å². The van der Waals surface area contributed by atoms with Gasteiger partial charge in [0.2, 0.25) is 5.91 Å². The van der Waals surface area contributed by atoms with Crippen LogP contribution in [0, 0.1) is 13.8 Å². The fourth-order valence-electron chi connectivity index (χ4n) is 2.79. The Morgan fingerprint density at radius 2 is 2.27 bits per heavy atom. The first-order valence-electron chi connectivity index (χ1n) is 7.79. The number of amides is 1. The molecule has 1 aromatic carbocycles. The van der Waals surface area contributed by atoms with Crippen molar-refractivity contribution in [3.63, 3.8) is 0 Å². The number of rotatable bonds is 5. The number of hydrogen-bond acceptors (Lipinski definition) is 4. The molecule has 0 bridgehead atoms. The topological polar surface area (TPSA) is 61.8 Å². The van der Waals surface area contributed by atoms with Gasteiger partial charge in [-0.15, -0.1) is 0 Å². The molecule has 22 heavy (non-hydrogen) atoms. The molecule has 0 saturated carbocycles. The number of carbonyl (C=O) groups excluding carboxylic acids is 1. The highest BCUT2D eigenvalue weighted by Crippen LogP contribution is 2.21. The summed E-state index contributed by atoms with van der Waals surface area (Å²) in [5, 5.41) is 13.3. The number of nitrogens with zero attached hydrogens (tertiary/aromatic N) is 1. The number of aliphatic hydroxyl groups excluding tert-OH is 1. The smallest absolute Gasteiger partial charge is 0.216 e. The average Bonchev–Trinajstić information content (AvgIpc) is 2.48. The van der Waals surface area contributed by atoms with E-state index in [1.807, 2.05) is 19.9 Å². The molecule has 2 N–H and O–H groups in total. The molecule has 0 unspecified atom stereocenters. The van der Waals surface area contributed by atoms with Crippen molar-refractivity contribution >= 4 is 5.91 Å². The third-order valence-corrected chi connectivity index (χ3v) is 4.03. The van der Waals surface area contributed by atoms with Gasteiger partial charge in [0.1, 0.15) is 0 Å². The van der Waals surface area contributed by atoms with Crippen molar-refractivity contribution in [2.45, 2.75) is 33.0 Å². The first-order chi connectivity index (χ1) is 10.5. The van der Waals surface area contributed by atoms with Gasteiger partial charge in [0.15, 0.2) is 0 Å². The predicted octanol–water partition coefficient (Wildman–Crippen LogP) is 1.17. The highest BCUT2D eigenvalue weighted by atomic mass is 16.5. The van der Waals surface area contributed by atoms with Crippen molar-refractivity contribution in [1.29, 1.82) is 0 Å². The summed E-state index contributed by atoms with van der Waals surface area (Å²) in [5.74, 6) is -0.0452. The van der Waals surface area contributed by atoms with Crippen LogP contribution in [-0.2, 0) is 9.53 Å². The second kappa shape index (κ2) is 7.72. The molecule has 5 heteroatoms. The maximum Gasteiger partial charge on any atom is 0.216 e. The Kier molecular flexibility index (Phi) is 5.94. The molecule has 0 aromatic heterocycles. The summed E-state index contributed by atoms with van der Waals surface area (Å²) < 4.78 is 5.65. The molecular formula is C17H26N2O3. The van der Waals surface area contributed by atoms with E-state index in [2.05, 4.69) is 22.3 Å². The first kappa shape index (κ1) is 16.9. The maximum absolute atomic E-state index is 11.0. The number of aryl methyl sites for hydroxylation is 2. The molecule has 2 rings (SSSR count). The van der Waals surface area contributed by atoms with Crippen LogP contribution in [0.2, 0.25) is 0 Å². The average molecular weight is 306 g/mol. The number of hydrogen-bond donors (Lipinski definition) is 2. The van der Waals surface area contributed by atoms with E-state index in [-0.39, 0.29) is 12.0 Å². The molecule has 2 atom stereocenters. The molecule has 1 aliphatic rings. The zero-order valence-corrected chi connectivity index (χ0v) is 13.6. The Morgan fingerprint density at radius 3 is 3.00 bits per heavy atom. The molecule has 1 fully saturated rings. The van der Waals surface area contributed by atoms with Crippen LogP contribution in [0.4, 0.5) is 0 Å². The Morgan fingerprint density at radius 1 is 1.50 bits per heavy atom. The fraction of sp³-hybridized carbons (Fsp3) is 0.588. The third-order valence-electron chi connectivity index (χ3n) is 4.03.